The van der Waals surface area contributed by atoms with Crippen LogP contribution in [-0.2, 0) is 11.1 Å². The molecule has 1 aromatic heterocycles. The normalized spacial score (nSPS) is 17.4. The van der Waals surface area contributed by atoms with Gasteiger partial charge in [0.25, 0.3) is 11.8 Å². The van der Waals surface area contributed by atoms with E-state index < -0.39 is 22.6 Å². The van der Waals surface area contributed by atoms with E-state index in [2.05, 4.69) is 10.3 Å². The molecule has 2 heterocycles. The highest BCUT2D eigenvalue weighted by molar-refractivity contribution is 7.79. The van der Waals surface area contributed by atoms with Gasteiger partial charge in [-0.25, -0.2) is 4.98 Å². The Kier molecular flexibility index (Phi) is 7.37. The first-order valence-corrected chi connectivity index (χ1v) is 13.4. The molecule has 1 saturated heterocycles. The van der Waals surface area contributed by atoms with Gasteiger partial charge in [0.05, 0.1) is 10.5 Å². The van der Waals surface area contributed by atoms with Crippen molar-refractivity contribution in [3.05, 3.63) is 47.1 Å². The minimum absolute atomic E-state index is 0.0279. The molecule has 0 aliphatic carbocycles. The first-order chi connectivity index (χ1) is 16.6. The number of carbonyl (C=O) groups excluding carboxylic acids is 2. The van der Waals surface area contributed by atoms with Crippen LogP contribution in [-0.4, -0.2) is 60.3 Å². The molecule has 8 nitrogen and oxygen atoms in total. The van der Waals surface area contributed by atoms with E-state index in [-0.39, 0.29) is 34.1 Å². The summed E-state index contributed by atoms with van der Waals surface area (Å²) in [6, 6.07) is 10.3. The summed E-state index contributed by atoms with van der Waals surface area (Å²) in [6.07, 6.45) is 2.86. The molecule has 2 N–H and O–H groups in total. The number of aromatic nitrogens is 1. The number of nitrogens with zero attached hydrogens (tertiary/aromatic N) is 2. The molecular weight excluding hydrogens is 486 g/mol. The molecule has 10 heteroatoms. The minimum Gasteiger partial charge on any atom is -0.768 e. The van der Waals surface area contributed by atoms with Crippen LogP contribution in [0.4, 0.5) is 0 Å². The molecular formula is C25H28N3O5S2-. The van der Waals surface area contributed by atoms with Crippen LogP contribution in [0.2, 0.25) is 0 Å². The number of hydrogen-bond donors (Lipinski definition) is 2. The molecule has 1 aliphatic heterocycles. The lowest BCUT2D eigenvalue weighted by Crippen LogP contribution is -2.42. The van der Waals surface area contributed by atoms with Crippen molar-refractivity contribution in [3.63, 3.8) is 0 Å². The van der Waals surface area contributed by atoms with Crippen molar-refractivity contribution >= 4 is 45.0 Å². The maximum atomic E-state index is 13.7. The number of benzene rings is 2. The standard InChI is InChI=1S/C25H29N3O5S2/c1-15-8-6-7-13-28(15)24(30)20-21(34-23(27-20)22(29)26-14-25(2,3)31)18-11-12-19(35(32)33)17-10-5-4-9-16(17)18/h4-5,9-12,15,31H,6-8,13-14H2,1-3H3,(H,26,29)(H,32,33)/p-1. The monoisotopic (exact) mass is 514 g/mol. The van der Waals surface area contributed by atoms with Gasteiger partial charge in [0.1, 0.15) is 5.69 Å². The highest BCUT2D eigenvalue weighted by Crippen LogP contribution is 2.38. The summed E-state index contributed by atoms with van der Waals surface area (Å²) >= 11 is -1.34. The molecule has 35 heavy (non-hydrogen) atoms. The largest absolute Gasteiger partial charge is 0.768 e. The van der Waals surface area contributed by atoms with Crippen LogP contribution in [0, 0.1) is 0 Å². The van der Waals surface area contributed by atoms with Gasteiger partial charge in [0.15, 0.2) is 5.01 Å². The second kappa shape index (κ2) is 10.1. The second-order valence-corrected chi connectivity index (χ2v) is 11.3. The highest BCUT2D eigenvalue weighted by atomic mass is 32.2. The van der Waals surface area contributed by atoms with Gasteiger partial charge in [0.2, 0.25) is 0 Å². The van der Waals surface area contributed by atoms with E-state index in [4.69, 9.17) is 0 Å². The quantitative estimate of drug-likeness (QED) is 0.484. The van der Waals surface area contributed by atoms with Crippen LogP contribution in [0.5, 0.6) is 0 Å². The minimum atomic E-state index is -2.43. The molecule has 0 radical (unpaired) electrons. The van der Waals surface area contributed by atoms with Gasteiger partial charge in [0, 0.05) is 29.6 Å². The Bertz CT molecular complexity index is 1300. The fraction of sp³-hybridized carbons (Fsp3) is 0.400. The number of nitrogens with one attached hydrogen (secondary N) is 1. The zero-order valence-corrected chi connectivity index (χ0v) is 21.5. The zero-order valence-electron chi connectivity index (χ0n) is 19.9. The lowest BCUT2D eigenvalue weighted by atomic mass is 10.0. The number of amides is 2. The van der Waals surface area contributed by atoms with Crippen LogP contribution in [0.25, 0.3) is 21.2 Å². The Morgan fingerprint density at radius 3 is 2.60 bits per heavy atom. The SMILES string of the molecule is CC1CCCCN1C(=O)c1nc(C(=O)NCC(C)(C)O)sc1-c1ccc(S(=O)[O-])c2ccccc12. The number of fused-ring (bicyclic) bond motifs is 1. The van der Waals surface area contributed by atoms with Crippen molar-refractivity contribution in [3.8, 4) is 10.4 Å². The first kappa shape index (κ1) is 25.4. The van der Waals surface area contributed by atoms with Crippen molar-refractivity contribution in [2.75, 3.05) is 13.1 Å². The van der Waals surface area contributed by atoms with Gasteiger partial charge in [-0.1, -0.05) is 30.3 Å². The van der Waals surface area contributed by atoms with Gasteiger partial charge in [-0.05, 0) is 68.0 Å². The van der Waals surface area contributed by atoms with Crippen molar-refractivity contribution in [1.82, 2.24) is 15.2 Å². The highest BCUT2D eigenvalue weighted by Gasteiger charge is 2.31. The lowest BCUT2D eigenvalue weighted by molar-refractivity contribution is 0.0630. The molecule has 0 spiro atoms. The lowest BCUT2D eigenvalue weighted by Gasteiger charge is -2.33. The van der Waals surface area contributed by atoms with E-state index in [0.29, 0.717) is 27.8 Å². The molecule has 3 aromatic rings. The third kappa shape index (κ3) is 5.45. The van der Waals surface area contributed by atoms with Crippen LogP contribution in [0.1, 0.15) is 60.3 Å². The Balaban J connectivity index is 1.85. The fourth-order valence-corrected chi connectivity index (χ4v) is 5.82. The molecule has 1 aliphatic rings. The first-order valence-electron chi connectivity index (χ1n) is 11.5. The number of piperidine rings is 1. The Morgan fingerprint density at radius 1 is 1.23 bits per heavy atom. The summed E-state index contributed by atoms with van der Waals surface area (Å²) in [4.78, 5) is 33.5. The average Bonchev–Trinajstić information content (AvgIpc) is 3.26. The van der Waals surface area contributed by atoms with Crippen LogP contribution < -0.4 is 5.32 Å². The molecule has 2 atom stereocenters. The second-order valence-electron chi connectivity index (χ2n) is 9.43. The van der Waals surface area contributed by atoms with Gasteiger partial charge in [-0.3, -0.25) is 13.8 Å². The van der Waals surface area contributed by atoms with E-state index >= 15 is 0 Å². The predicted octanol–water partition coefficient (Wildman–Crippen LogP) is 3.72. The number of likely N-dealkylation sites (tertiary alicyclic amines) is 1. The smallest absolute Gasteiger partial charge is 0.280 e. The van der Waals surface area contributed by atoms with Gasteiger partial charge >= 0.3 is 0 Å². The van der Waals surface area contributed by atoms with E-state index in [1.807, 2.05) is 6.92 Å². The number of thiazole rings is 1. The van der Waals surface area contributed by atoms with Crippen molar-refractivity contribution in [1.29, 1.82) is 0 Å². The van der Waals surface area contributed by atoms with Crippen LogP contribution >= 0.6 is 11.3 Å². The molecule has 186 valence electrons. The predicted molar refractivity (Wildman–Crippen MR) is 135 cm³/mol. The molecule has 2 amide bonds. The molecule has 0 bridgehead atoms. The summed E-state index contributed by atoms with van der Waals surface area (Å²) in [7, 11) is 0. The van der Waals surface area contributed by atoms with Crippen molar-refractivity contribution in [2.45, 2.75) is 56.6 Å². The third-order valence-corrected chi connectivity index (χ3v) is 7.88. The summed E-state index contributed by atoms with van der Waals surface area (Å²) in [6.45, 7) is 5.82. The third-order valence-electron chi connectivity index (χ3n) is 6.08. The average molecular weight is 515 g/mol. The van der Waals surface area contributed by atoms with Gasteiger partial charge < -0.3 is 19.9 Å². The number of rotatable bonds is 6. The van der Waals surface area contributed by atoms with E-state index in [0.717, 1.165) is 30.6 Å². The summed E-state index contributed by atoms with van der Waals surface area (Å²) in [5.74, 6) is -0.726. The molecule has 2 aromatic carbocycles. The van der Waals surface area contributed by atoms with Crippen LogP contribution in [0.15, 0.2) is 41.3 Å². The maximum absolute atomic E-state index is 13.7. The Morgan fingerprint density at radius 2 is 1.94 bits per heavy atom. The number of hydrogen-bond acceptors (Lipinski definition) is 7. The van der Waals surface area contributed by atoms with Crippen molar-refractivity contribution < 1.29 is 23.5 Å². The summed E-state index contributed by atoms with van der Waals surface area (Å²) < 4.78 is 23.6. The Labute approximate surface area is 210 Å². The number of carbonyl (C=O) groups is 2. The van der Waals surface area contributed by atoms with Crippen molar-refractivity contribution in [2.24, 2.45) is 0 Å². The van der Waals surface area contributed by atoms with Gasteiger partial charge in [-0.2, -0.15) is 0 Å². The topological polar surface area (TPSA) is 123 Å². The summed E-state index contributed by atoms with van der Waals surface area (Å²) in [5.41, 5.74) is -0.280. The van der Waals surface area contributed by atoms with E-state index in [1.54, 1.807) is 49.1 Å². The summed E-state index contributed by atoms with van der Waals surface area (Å²) in [5, 5.41) is 14.0. The number of aliphatic hydroxyl groups is 1. The molecule has 2 unspecified atom stereocenters. The Hall–Kier alpha value is -2.66. The molecule has 0 saturated carbocycles. The van der Waals surface area contributed by atoms with Gasteiger partial charge in [-0.15, -0.1) is 11.3 Å². The zero-order chi connectivity index (χ0) is 25.3. The molecule has 1 fully saturated rings. The van der Waals surface area contributed by atoms with E-state index in [9.17, 15) is 23.5 Å². The van der Waals surface area contributed by atoms with E-state index in [1.165, 1.54) is 6.07 Å². The molecule has 4 rings (SSSR count). The van der Waals surface area contributed by atoms with Crippen LogP contribution in [0.3, 0.4) is 0 Å². The maximum Gasteiger partial charge on any atom is 0.280 e. The fourth-order valence-electron chi connectivity index (χ4n) is 4.27.